The van der Waals surface area contributed by atoms with Gasteiger partial charge in [0.15, 0.2) is 11.5 Å². The SMILES string of the molecule is COc1ccc(CN(C)C(C)C(=O)Nc2ccc(S(N)(=O)=O)cc2)cc1OC(F)F. The maximum absolute atomic E-state index is 12.6. The van der Waals surface area contributed by atoms with Crippen LogP contribution in [0.15, 0.2) is 47.4 Å². The monoisotopic (exact) mass is 443 g/mol. The number of hydrogen-bond acceptors (Lipinski definition) is 6. The Morgan fingerprint density at radius 1 is 1.17 bits per heavy atom. The summed E-state index contributed by atoms with van der Waals surface area (Å²) in [5.74, 6) is -0.251. The van der Waals surface area contributed by atoms with Gasteiger partial charge in [0.1, 0.15) is 0 Å². The highest BCUT2D eigenvalue weighted by molar-refractivity contribution is 7.89. The fourth-order valence-corrected chi connectivity index (χ4v) is 3.12. The van der Waals surface area contributed by atoms with Gasteiger partial charge in [-0.3, -0.25) is 9.69 Å². The van der Waals surface area contributed by atoms with E-state index in [0.717, 1.165) is 0 Å². The van der Waals surface area contributed by atoms with Crippen molar-refractivity contribution in [3.8, 4) is 11.5 Å². The molecule has 1 atom stereocenters. The van der Waals surface area contributed by atoms with Crippen molar-refractivity contribution in [3.05, 3.63) is 48.0 Å². The fourth-order valence-electron chi connectivity index (χ4n) is 2.61. The molecule has 0 aliphatic rings. The van der Waals surface area contributed by atoms with Crippen molar-refractivity contribution in [1.82, 2.24) is 4.90 Å². The largest absolute Gasteiger partial charge is 0.493 e. The van der Waals surface area contributed by atoms with Crippen molar-refractivity contribution in [2.24, 2.45) is 5.14 Å². The zero-order valence-corrected chi connectivity index (χ0v) is 17.4. The first kappa shape index (κ1) is 23.5. The molecule has 0 radical (unpaired) electrons. The third kappa shape index (κ3) is 6.37. The van der Waals surface area contributed by atoms with Gasteiger partial charge in [-0.2, -0.15) is 8.78 Å². The van der Waals surface area contributed by atoms with Gasteiger partial charge in [0.25, 0.3) is 0 Å². The highest BCUT2D eigenvalue weighted by Gasteiger charge is 2.20. The van der Waals surface area contributed by atoms with E-state index in [-0.39, 0.29) is 28.8 Å². The molecule has 8 nitrogen and oxygen atoms in total. The van der Waals surface area contributed by atoms with E-state index in [2.05, 4.69) is 10.1 Å². The molecule has 0 saturated carbocycles. The normalized spacial score (nSPS) is 12.7. The van der Waals surface area contributed by atoms with Crippen LogP contribution in [0.2, 0.25) is 0 Å². The molecule has 1 unspecified atom stereocenters. The first-order valence-corrected chi connectivity index (χ1v) is 10.3. The minimum atomic E-state index is -3.82. The lowest BCUT2D eigenvalue weighted by molar-refractivity contribution is -0.120. The van der Waals surface area contributed by atoms with Crippen LogP contribution >= 0.6 is 0 Å². The summed E-state index contributed by atoms with van der Waals surface area (Å²) in [6, 6.07) is 9.50. The lowest BCUT2D eigenvalue weighted by Gasteiger charge is -2.24. The Labute approximate surface area is 173 Å². The predicted octanol–water partition coefficient (Wildman–Crippen LogP) is 2.40. The molecule has 0 bridgehead atoms. The highest BCUT2D eigenvalue weighted by atomic mass is 32.2. The number of carbonyl (C=O) groups excluding carboxylic acids is 1. The number of ether oxygens (including phenoxy) is 2. The summed E-state index contributed by atoms with van der Waals surface area (Å²) in [4.78, 5) is 14.1. The fraction of sp³-hybridized carbons (Fsp3) is 0.316. The molecule has 0 fully saturated rings. The number of primary sulfonamides is 1. The smallest absolute Gasteiger partial charge is 0.387 e. The van der Waals surface area contributed by atoms with Crippen molar-refractivity contribution < 1.29 is 31.5 Å². The predicted molar refractivity (Wildman–Crippen MR) is 107 cm³/mol. The molecule has 0 aliphatic carbocycles. The Morgan fingerprint density at radius 2 is 1.80 bits per heavy atom. The van der Waals surface area contributed by atoms with Crippen molar-refractivity contribution in [2.45, 2.75) is 31.0 Å². The standard InChI is InChI=1S/C19H23F2N3O5S/c1-12(18(25)23-14-5-7-15(8-6-14)30(22,26)27)24(2)11-13-4-9-16(28-3)17(10-13)29-19(20)21/h4-10,12,19H,11H2,1-3H3,(H,23,25)(H2,22,26,27). The van der Waals surface area contributed by atoms with Crippen LogP contribution in [0.25, 0.3) is 0 Å². The van der Waals surface area contributed by atoms with Crippen LogP contribution in [0.1, 0.15) is 12.5 Å². The second kappa shape index (κ2) is 9.83. The first-order valence-electron chi connectivity index (χ1n) is 8.77. The van der Waals surface area contributed by atoms with Gasteiger partial charge in [-0.05, 0) is 55.9 Å². The number of rotatable bonds is 9. The summed E-state index contributed by atoms with van der Waals surface area (Å²) in [5.41, 5.74) is 1.05. The number of anilines is 1. The quantitative estimate of drug-likeness (QED) is 0.616. The van der Waals surface area contributed by atoms with Gasteiger partial charge in [0.05, 0.1) is 18.0 Å². The average Bonchev–Trinajstić information content (AvgIpc) is 2.66. The lowest BCUT2D eigenvalue weighted by Crippen LogP contribution is -2.39. The summed E-state index contributed by atoms with van der Waals surface area (Å²) < 4.78 is 57.2. The number of nitrogens with two attached hydrogens (primary N) is 1. The number of halogens is 2. The maximum Gasteiger partial charge on any atom is 0.387 e. The molecule has 11 heteroatoms. The highest BCUT2D eigenvalue weighted by Crippen LogP contribution is 2.30. The number of sulfonamides is 1. The molecule has 0 aliphatic heterocycles. The van der Waals surface area contributed by atoms with Gasteiger partial charge in [0.2, 0.25) is 15.9 Å². The third-order valence-corrected chi connectivity index (χ3v) is 5.30. The Hall–Kier alpha value is -2.76. The van der Waals surface area contributed by atoms with E-state index < -0.39 is 22.7 Å². The number of carbonyl (C=O) groups is 1. The summed E-state index contributed by atoms with van der Waals surface area (Å²) in [6.45, 7) is -1.03. The molecule has 164 valence electrons. The third-order valence-electron chi connectivity index (χ3n) is 4.37. The van der Waals surface area contributed by atoms with Gasteiger partial charge in [-0.1, -0.05) is 6.07 Å². The van der Waals surface area contributed by atoms with Crippen molar-refractivity contribution in [2.75, 3.05) is 19.5 Å². The molecule has 2 aromatic rings. The second-order valence-corrected chi connectivity index (χ2v) is 8.07. The molecule has 2 aromatic carbocycles. The molecule has 0 heterocycles. The summed E-state index contributed by atoms with van der Waals surface area (Å²) in [6.07, 6.45) is 0. The molecule has 3 N–H and O–H groups in total. The molecular weight excluding hydrogens is 420 g/mol. The van der Waals surface area contributed by atoms with Crippen molar-refractivity contribution in [1.29, 1.82) is 0 Å². The number of alkyl halides is 2. The van der Waals surface area contributed by atoms with Crippen LogP contribution in [0.5, 0.6) is 11.5 Å². The van der Waals surface area contributed by atoms with Gasteiger partial charge in [-0.25, -0.2) is 13.6 Å². The van der Waals surface area contributed by atoms with Crippen LogP contribution in [-0.2, 0) is 21.4 Å². The zero-order chi connectivity index (χ0) is 22.5. The van der Waals surface area contributed by atoms with E-state index in [1.54, 1.807) is 24.9 Å². The summed E-state index contributed by atoms with van der Waals surface area (Å²) in [7, 11) is -0.767. The summed E-state index contributed by atoms with van der Waals surface area (Å²) in [5, 5.41) is 7.73. The van der Waals surface area contributed by atoms with Gasteiger partial charge < -0.3 is 14.8 Å². The van der Waals surface area contributed by atoms with Crippen molar-refractivity contribution >= 4 is 21.6 Å². The lowest BCUT2D eigenvalue weighted by atomic mass is 10.1. The zero-order valence-electron chi connectivity index (χ0n) is 16.6. The second-order valence-electron chi connectivity index (χ2n) is 6.51. The number of benzene rings is 2. The maximum atomic E-state index is 12.6. The number of hydrogen-bond donors (Lipinski definition) is 2. The Bertz CT molecular complexity index is 984. The number of nitrogens with one attached hydrogen (secondary N) is 1. The van der Waals surface area contributed by atoms with Crippen LogP contribution in [0.3, 0.4) is 0 Å². The number of nitrogens with zero attached hydrogens (tertiary/aromatic N) is 1. The molecule has 0 spiro atoms. The minimum Gasteiger partial charge on any atom is -0.493 e. The molecule has 2 rings (SSSR count). The Balaban J connectivity index is 2.04. The van der Waals surface area contributed by atoms with Gasteiger partial charge in [-0.15, -0.1) is 0 Å². The number of methoxy groups -OCH3 is 1. The first-order chi connectivity index (χ1) is 14.0. The van der Waals surface area contributed by atoms with E-state index in [1.165, 1.54) is 43.5 Å². The van der Waals surface area contributed by atoms with E-state index in [9.17, 15) is 22.0 Å². The van der Waals surface area contributed by atoms with Crippen molar-refractivity contribution in [3.63, 3.8) is 0 Å². The Morgan fingerprint density at radius 3 is 2.33 bits per heavy atom. The van der Waals surface area contributed by atoms with E-state index in [0.29, 0.717) is 11.3 Å². The molecular formula is C19H23F2N3O5S. The van der Waals surface area contributed by atoms with Crippen LogP contribution < -0.4 is 19.9 Å². The molecule has 0 aromatic heterocycles. The minimum absolute atomic E-state index is 0.0630. The van der Waals surface area contributed by atoms with E-state index in [4.69, 9.17) is 9.88 Å². The van der Waals surface area contributed by atoms with Gasteiger partial charge >= 0.3 is 6.61 Å². The van der Waals surface area contributed by atoms with E-state index in [1.807, 2.05) is 0 Å². The molecule has 30 heavy (non-hydrogen) atoms. The van der Waals surface area contributed by atoms with Crippen LogP contribution in [0, 0.1) is 0 Å². The Kier molecular flexibility index (Phi) is 7.71. The average molecular weight is 443 g/mol. The summed E-state index contributed by atoms with van der Waals surface area (Å²) >= 11 is 0. The number of amides is 1. The number of likely N-dealkylation sites (N-methyl/N-ethyl adjacent to an activating group) is 1. The molecule has 0 saturated heterocycles. The van der Waals surface area contributed by atoms with E-state index >= 15 is 0 Å². The van der Waals surface area contributed by atoms with Gasteiger partial charge in [0, 0.05) is 12.2 Å². The van der Waals surface area contributed by atoms with Crippen LogP contribution in [-0.4, -0.2) is 46.0 Å². The van der Waals surface area contributed by atoms with Crippen LogP contribution in [0.4, 0.5) is 14.5 Å². The topological polar surface area (TPSA) is 111 Å². The molecule has 1 amide bonds.